The molecule has 0 bridgehead atoms. The number of rotatable bonds is 3. The lowest BCUT2D eigenvalue weighted by molar-refractivity contribution is -0.122. The van der Waals surface area contributed by atoms with Crippen molar-refractivity contribution in [1.82, 2.24) is 9.55 Å². The molecule has 110 valence electrons. The lowest BCUT2D eigenvalue weighted by Crippen LogP contribution is -2.34. The fraction of sp³-hybridized carbons (Fsp3) is 0.250. The van der Waals surface area contributed by atoms with E-state index in [-0.39, 0.29) is 18.6 Å². The van der Waals surface area contributed by atoms with Crippen LogP contribution in [0.2, 0.25) is 0 Å². The summed E-state index contributed by atoms with van der Waals surface area (Å²) in [5.41, 5.74) is 0.837. The molecule has 1 aromatic carbocycles. The van der Waals surface area contributed by atoms with E-state index in [1.807, 2.05) is 36.5 Å². The molecule has 1 heterocycles. The van der Waals surface area contributed by atoms with Gasteiger partial charge in [-0.05, 0) is 12.8 Å². The molecule has 0 spiro atoms. The smallest absolute Gasteiger partial charge is 0.290 e. The highest BCUT2D eigenvalue weighted by Crippen LogP contribution is 2.34. The van der Waals surface area contributed by atoms with Gasteiger partial charge in [0.15, 0.2) is 0 Å². The van der Waals surface area contributed by atoms with E-state index in [1.165, 1.54) is 0 Å². The molecule has 0 aliphatic heterocycles. The molecule has 2 N–H and O–H groups in total. The topological polar surface area (TPSA) is 75.3 Å². The molecule has 0 saturated carbocycles. The molecule has 1 aromatic heterocycles. The van der Waals surface area contributed by atoms with Crippen molar-refractivity contribution in [2.45, 2.75) is 18.4 Å². The predicted octanol–water partition coefficient (Wildman–Crippen LogP) is 2.29. The average Bonchev–Trinajstić information content (AvgIpc) is 3.19. The summed E-state index contributed by atoms with van der Waals surface area (Å²) in [7, 11) is 0. The fourth-order valence-corrected chi connectivity index (χ4v) is 2.58. The zero-order chi connectivity index (χ0) is 15.1. The molecule has 0 unspecified atom stereocenters. The second kappa shape index (κ2) is 6.85. The Morgan fingerprint density at radius 3 is 2.43 bits per heavy atom. The Labute approximate surface area is 123 Å². The van der Waals surface area contributed by atoms with Crippen LogP contribution in [0.5, 0.6) is 0 Å². The Morgan fingerprint density at radius 1 is 1.24 bits per heavy atom. The Morgan fingerprint density at radius 2 is 1.86 bits per heavy atom. The van der Waals surface area contributed by atoms with Crippen molar-refractivity contribution in [3.05, 3.63) is 54.9 Å². The maximum Gasteiger partial charge on any atom is 0.290 e. The summed E-state index contributed by atoms with van der Waals surface area (Å²) in [6.45, 7) is -0.115. The number of nitrogens with zero attached hydrogens (tertiary/aromatic N) is 2. The number of benzene rings is 1. The van der Waals surface area contributed by atoms with Gasteiger partial charge in [0.25, 0.3) is 6.47 Å². The normalized spacial score (nSPS) is 15.3. The largest absolute Gasteiger partial charge is 0.483 e. The molecule has 21 heavy (non-hydrogen) atoms. The number of hydrogen-bond acceptors (Lipinski definition) is 3. The third-order valence-electron chi connectivity index (χ3n) is 3.64. The third kappa shape index (κ3) is 3.03. The first-order valence-corrected chi connectivity index (χ1v) is 6.70. The summed E-state index contributed by atoms with van der Waals surface area (Å²) in [6.07, 6.45) is 9.75. The van der Waals surface area contributed by atoms with Gasteiger partial charge in [-0.1, -0.05) is 42.5 Å². The first-order valence-electron chi connectivity index (χ1n) is 6.70. The highest BCUT2D eigenvalue weighted by molar-refractivity contribution is 5.55. The summed E-state index contributed by atoms with van der Waals surface area (Å²) in [5.74, 6) is 0.924. The van der Waals surface area contributed by atoms with E-state index in [0.29, 0.717) is 0 Å². The number of carboxylic acid groups (broad SMARTS) is 1. The van der Waals surface area contributed by atoms with Gasteiger partial charge in [0.05, 0.1) is 12.1 Å². The summed E-state index contributed by atoms with van der Waals surface area (Å²) in [4.78, 5) is 12.8. The number of carbonyl (C=O) groups is 1. The summed E-state index contributed by atoms with van der Waals surface area (Å²) in [5, 5.41) is 16.7. The Bertz CT molecular complexity index is 597. The molecular formula is C16H18N2O3. The summed E-state index contributed by atoms with van der Waals surface area (Å²) >= 11 is 0. The average molecular weight is 286 g/mol. The quantitative estimate of drug-likeness (QED) is 0.670. The second-order valence-corrected chi connectivity index (χ2v) is 4.85. The van der Waals surface area contributed by atoms with Gasteiger partial charge in [-0.2, -0.15) is 0 Å². The monoisotopic (exact) mass is 286 g/mol. The summed E-state index contributed by atoms with van der Waals surface area (Å²) < 4.78 is 2.11. The van der Waals surface area contributed by atoms with E-state index >= 15 is 0 Å². The number of hydrogen-bond donors (Lipinski definition) is 2. The van der Waals surface area contributed by atoms with E-state index in [2.05, 4.69) is 21.7 Å². The van der Waals surface area contributed by atoms with Gasteiger partial charge >= 0.3 is 0 Å². The standard InChI is InChI=1S/C15H16N2O.CH2O2/c18-12-15(8-4-5-9-15)17-11-10-16-14(17)13-6-2-1-3-7-13;2-1-3/h1-7,10-11,18H,8-9,12H2;1H,(H,2,3). The van der Waals surface area contributed by atoms with Crippen molar-refractivity contribution in [3.63, 3.8) is 0 Å². The van der Waals surface area contributed by atoms with Crippen LogP contribution in [-0.2, 0) is 10.3 Å². The molecule has 0 radical (unpaired) electrons. The SMILES string of the molecule is O=CO.OCC1(n2ccnc2-c2ccccc2)CC=CC1. The van der Waals surface area contributed by atoms with Crippen molar-refractivity contribution in [1.29, 1.82) is 0 Å². The molecule has 5 heteroatoms. The maximum atomic E-state index is 9.77. The zero-order valence-corrected chi connectivity index (χ0v) is 11.6. The van der Waals surface area contributed by atoms with Crippen LogP contribution in [0.15, 0.2) is 54.9 Å². The zero-order valence-electron chi connectivity index (χ0n) is 11.6. The lowest BCUT2D eigenvalue weighted by atomic mass is 9.97. The van der Waals surface area contributed by atoms with Gasteiger partial charge in [-0.3, -0.25) is 4.79 Å². The number of aromatic nitrogens is 2. The fourth-order valence-electron chi connectivity index (χ4n) is 2.58. The van der Waals surface area contributed by atoms with Crippen molar-refractivity contribution in [2.24, 2.45) is 0 Å². The minimum atomic E-state index is -0.250. The number of aliphatic hydroxyl groups excluding tert-OH is 1. The van der Waals surface area contributed by atoms with Gasteiger partial charge in [-0.25, -0.2) is 4.98 Å². The Balaban J connectivity index is 0.000000497. The Kier molecular flexibility index (Phi) is 4.90. The third-order valence-corrected chi connectivity index (χ3v) is 3.64. The van der Waals surface area contributed by atoms with Crippen molar-refractivity contribution in [2.75, 3.05) is 6.61 Å². The van der Waals surface area contributed by atoms with Crippen LogP contribution >= 0.6 is 0 Å². The molecule has 0 fully saturated rings. The number of allylic oxidation sites excluding steroid dienone is 2. The van der Waals surface area contributed by atoms with E-state index in [9.17, 15) is 5.11 Å². The molecule has 3 rings (SSSR count). The van der Waals surface area contributed by atoms with Crippen molar-refractivity contribution < 1.29 is 15.0 Å². The summed E-state index contributed by atoms with van der Waals surface area (Å²) in [6, 6.07) is 10.1. The van der Waals surface area contributed by atoms with Crippen LogP contribution in [0.1, 0.15) is 12.8 Å². The van der Waals surface area contributed by atoms with E-state index in [4.69, 9.17) is 9.90 Å². The van der Waals surface area contributed by atoms with Gasteiger partial charge in [-0.15, -0.1) is 0 Å². The van der Waals surface area contributed by atoms with Crippen LogP contribution in [0.4, 0.5) is 0 Å². The van der Waals surface area contributed by atoms with Gasteiger partial charge in [0, 0.05) is 18.0 Å². The Hall–Kier alpha value is -2.40. The highest BCUT2D eigenvalue weighted by atomic mass is 16.3. The maximum absolute atomic E-state index is 9.77. The lowest BCUT2D eigenvalue weighted by Gasteiger charge is -2.30. The van der Waals surface area contributed by atoms with Crippen LogP contribution in [0.25, 0.3) is 11.4 Å². The first-order chi connectivity index (χ1) is 10.3. The molecule has 1 aliphatic rings. The van der Waals surface area contributed by atoms with E-state index in [1.54, 1.807) is 6.20 Å². The molecule has 0 atom stereocenters. The van der Waals surface area contributed by atoms with Crippen LogP contribution < -0.4 is 0 Å². The predicted molar refractivity (Wildman–Crippen MR) is 79.8 cm³/mol. The number of imidazole rings is 1. The van der Waals surface area contributed by atoms with Gasteiger partial charge < -0.3 is 14.8 Å². The van der Waals surface area contributed by atoms with E-state index < -0.39 is 0 Å². The van der Waals surface area contributed by atoms with Gasteiger partial charge in [0.1, 0.15) is 5.82 Å². The van der Waals surface area contributed by atoms with Crippen molar-refractivity contribution in [3.8, 4) is 11.4 Å². The highest BCUT2D eigenvalue weighted by Gasteiger charge is 2.33. The van der Waals surface area contributed by atoms with E-state index in [0.717, 1.165) is 24.2 Å². The molecule has 2 aromatic rings. The minimum absolute atomic E-state index is 0.135. The number of aliphatic hydroxyl groups is 1. The van der Waals surface area contributed by atoms with Gasteiger partial charge in [0.2, 0.25) is 0 Å². The van der Waals surface area contributed by atoms with Crippen LogP contribution in [0.3, 0.4) is 0 Å². The molecule has 0 amide bonds. The molecule has 0 saturated heterocycles. The molecular weight excluding hydrogens is 268 g/mol. The minimum Gasteiger partial charge on any atom is -0.483 e. The second-order valence-electron chi connectivity index (χ2n) is 4.85. The first kappa shape index (κ1) is 15.0. The molecule has 5 nitrogen and oxygen atoms in total. The van der Waals surface area contributed by atoms with Crippen molar-refractivity contribution >= 4 is 6.47 Å². The molecule has 1 aliphatic carbocycles. The van der Waals surface area contributed by atoms with Crippen LogP contribution in [-0.4, -0.2) is 32.8 Å². The van der Waals surface area contributed by atoms with Crippen LogP contribution in [0, 0.1) is 0 Å².